The summed E-state index contributed by atoms with van der Waals surface area (Å²) in [5, 5.41) is 0. The minimum Gasteiger partial charge on any atom is -0.496 e. The summed E-state index contributed by atoms with van der Waals surface area (Å²) in [5.41, 5.74) is 2.19. The molecule has 2 heterocycles. The summed E-state index contributed by atoms with van der Waals surface area (Å²) < 4.78 is 20.0. The molecule has 4 rings (SSSR count). The Labute approximate surface area is 234 Å². The van der Waals surface area contributed by atoms with E-state index in [1.807, 2.05) is 69.3 Å². The number of benzene rings is 2. The van der Waals surface area contributed by atoms with Gasteiger partial charge in [0.25, 0.3) is 5.56 Å². The second-order valence-electron chi connectivity index (χ2n) is 9.00. The van der Waals surface area contributed by atoms with E-state index in [2.05, 4.69) is 15.9 Å². The van der Waals surface area contributed by atoms with Crippen LogP contribution in [0.1, 0.15) is 57.7 Å². The number of fused-ring (bicyclic) bond motifs is 1. The highest BCUT2D eigenvalue weighted by atomic mass is 79.9. The molecule has 2 aromatic carbocycles. The van der Waals surface area contributed by atoms with Crippen molar-refractivity contribution in [3.63, 3.8) is 0 Å². The number of carbonyl (C=O) groups excluding carboxylic acids is 1. The average Bonchev–Trinajstić information content (AvgIpc) is 3.19. The third-order valence-corrected chi connectivity index (χ3v) is 7.42. The first-order valence-corrected chi connectivity index (χ1v) is 14.2. The Kier molecular flexibility index (Phi) is 8.89. The van der Waals surface area contributed by atoms with Crippen LogP contribution in [-0.2, 0) is 9.53 Å². The van der Waals surface area contributed by atoms with Gasteiger partial charge >= 0.3 is 5.97 Å². The summed E-state index contributed by atoms with van der Waals surface area (Å²) in [6.07, 6.45) is 3.15. The van der Waals surface area contributed by atoms with Gasteiger partial charge in [0, 0.05) is 15.6 Å². The number of nitrogens with zero attached hydrogens (tertiary/aromatic N) is 2. The molecule has 1 atom stereocenters. The van der Waals surface area contributed by atoms with Crippen molar-refractivity contribution in [3.8, 4) is 11.5 Å². The molecular weight excluding hydrogens is 568 g/mol. The summed E-state index contributed by atoms with van der Waals surface area (Å²) in [6, 6.07) is 12.4. The quantitative estimate of drug-likeness (QED) is 0.319. The van der Waals surface area contributed by atoms with Crippen LogP contribution in [-0.4, -0.2) is 30.4 Å². The lowest BCUT2D eigenvalue weighted by Gasteiger charge is -2.27. The number of thiazole rings is 1. The average molecular weight is 600 g/mol. The van der Waals surface area contributed by atoms with Gasteiger partial charge in [0.05, 0.1) is 35.6 Å². The molecule has 7 nitrogen and oxygen atoms in total. The smallest absolute Gasteiger partial charge is 0.338 e. The minimum absolute atomic E-state index is 0.0153. The van der Waals surface area contributed by atoms with Crippen LogP contribution in [0.15, 0.2) is 68.0 Å². The largest absolute Gasteiger partial charge is 0.496 e. The van der Waals surface area contributed by atoms with Crippen molar-refractivity contribution in [2.24, 2.45) is 4.99 Å². The summed E-state index contributed by atoms with van der Waals surface area (Å²) >= 11 is 4.84. The van der Waals surface area contributed by atoms with Crippen LogP contribution in [0.25, 0.3) is 6.08 Å². The molecule has 0 amide bonds. The lowest BCUT2D eigenvalue weighted by Crippen LogP contribution is -2.40. The standard InChI is InChI=1S/C29H31BrN2O5S/c1-6-10-21-25(28(34)36-7-2)26(20-16-19(30)13-14-23(20)35-5)32-27(33)24(38-29(32)31-21)15-18-11-8-9-12-22(18)37-17(3)4/h8-9,11-17,26H,6-7,10H2,1-5H3/b24-15+/t26-/m1/s1. The van der Waals surface area contributed by atoms with E-state index in [1.165, 1.54) is 11.3 Å². The van der Waals surface area contributed by atoms with E-state index < -0.39 is 12.0 Å². The normalized spacial score (nSPS) is 15.3. The predicted octanol–water partition coefficient (Wildman–Crippen LogP) is 5.14. The molecular formula is C29H31BrN2O5S. The molecule has 1 aliphatic rings. The zero-order chi connectivity index (χ0) is 27.4. The second-order valence-corrected chi connectivity index (χ2v) is 10.9. The molecule has 200 valence electrons. The van der Waals surface area contributed by atoms with Crippen molar-refractivity contribution < 1.29 is 19.0 Å². The molecule has 0 radical (unpaired) electrons. The van der Waals surface area contributed by atoms with Crippen LogP contribution >= 0.6 is 27.3 Å². The van der Waals surface area contributed by atoms with E-state index in [0.29, 0.717) is 44.1 Å². The van der Waals surface area contributed by atoms with Crippen LogP contribution in [0.4, 0.5) is 0 Å². The molecule has 0 saturated carbocycles. The van der Waals surface area contributed by atoms with Crippen LogP contribution in [0.5, 0.6) is 11.5 Å². The summed E-state index contributed by atoms with van der Waals surface area (Å²) in [5.74, 6) is 0.761. The lowest BCUT2D eigenvalue weighted by molar-refractivity contribution is -0.139. The van der Waals surface area contributed by atoms with Crippen molar-refractivity contribution in [1.82, 2.24) is 4.57 Å². The Balaban J connectivity index is 2.03. The van der Waals surface area contributed by atoms with E-state index in [4.69, 9.17) is 19.2 Å². The van der Waals surface area contributed by atoms with Gasteiger partial charge in [0.2, 0.25) is 0 Å². The van der Waals surface area contributed by atoms with Crippen molar-refractivity contribution >= 4 is 39.3 Å². The van der Waals surface area contributed by atoms with Crippen molar-refractivity contribution in [1.29, 1.82) is 0 Å². The predicted molar refractivity (Wildman–Crippen MR) is 153 cm³/mol. The van der Waals surface area contributed by atoms with Gasteiger partial charge in [-0.15, -0.1) is 0 Å². The first-order valence-electron chi connectivity index (χ1n) is 12.6. The van der Waals surface area contributed by atoms with E-state index in [0.717, 1.165) is 16.5 Å². The summed E-state index contributed by atoms with van der Waals surface area (Å²) in [6.45, 7) is 7.92. The molecule has 3 aromatic rings. The van der Waals surface area contributed by atoms with Crippen LogP contribution in [0.2, 0.25) is 0 Å². The number of aromatic nitrogens is 1. The van der Waals surface area contributed by atoms with Crippen LogP contribution < -0.4 is 24.4 Å². The maximum atomic E-state index is 14.0. The zero-order valence-corrected chi connectivity index (χ0v) is 24.5. The molecule has 0 spiro atoms. The number of hydrogen-bond acceptors (Lipinski definition) is 7. The molecule has 0 aliphatic carbocycles. The van der Waals surface area contributed by atoms with Gasteiger partial charge in [0.15, 0.2) is 4.80 Å². The topological polar surface area (TPSA) is 79.1 Å². The SMILES string of the molecule is CCCC1=C(C(=O)OCC)[C@@H](c2cc(Br)ccc2OC)n2c(s/c(=C/c3ccccc3OC(C)C)c2=O)=N1. The fourth-order valence-electron chi connectivity index (χ4n) is 4.44. The maximum absolute atomic E-state index is 14.0. The van der Waals surface area contributed by atoms with Crippen LogP contribution in [0, 0.1) is 0 Å². The van der Waals surface area contributed by atoms with E-state index in [-0.39, 0.29) is 18.3 Å². The number of rotatable bonds is 9. The van der Waals surface area contributed by atoms with E-state index >= 15 is 0 Å². The fraction of sp³-hybridized carbons (Fsp3) is 0.345. The molecule has 38 heavy (non-hydrogen) atoms. The van der Waals surface area contributed by atoms with Crippen molar-refractivity contribution in [3.05, 3.63) is 89.0 Å². The Bertz CT molecular complexity index is 1550. The molecule has 1 aliphatic heterocycles. The first-order chi connectivity index (χ1) is 18.3. The third kappa shape index (κ3) is 5.63. The second kappa shape index (κ2) is 12.1. The van der Waals surface area contributed by atoms with Gasteiger partial charge in [-0.05, 0) is 57.5 Å². The zero-order valence-electron chi connectivity index (χ0n) is 22.1. The molecule has 0 N–H and O–H groups in total. The summed E-state index contributed by atoms with van der Waals surface area (Å²) in [7, 11) is 1.57. The number of esters is 1. The summed E-state index contributed by atoms with van der Waals surface area (Å²) in [4.78, 5) is 32.8. The highest BCUT2D eigenvalue weighted by Gasteiger charge is 2.36. The Hall–Kier alpha value is -3.17. The first kappa shape index (κ1) is 27.9. The van der Waals surface area contributed by atoms with Gasteiger partial charge in [-0.3, -0.25) is 9.36 Å². The Morgan fingerprint density at radius 3 is 2.63 bits per heavy atom. The van der Waals surface area contributed by atoms with Gasteiger partial charge < -0.3 is 14.2 Å². The molecule has 9 heteroatoms. The highest BCUT2D eigenvalue weighted by Crippen LogP contribution is 2.38. The highest BCUT2D eigenvalue weighted by molar-refractivity contribution is 9.10. The van der Waals surface area contributed by atoms with E-state index in [1.54, 1.807) is 18.6 Å². The lowest BCUT2D eigenvalue weighted by atomic mass is 9.93. The molecule has 0 saturated heterocycles. The fourth-order valence-corrected chi connectivity index (χ4v) is 5.83. The number of carbonyl (C=O) groups is 1. The number of para-hydroxylation sites is 1. The monoisotopic (exact) mass is 598 g/mol. The minimum atomic E-state index is -0.761. The number of halogens is 1. The van der Waals surface area contributed by atoms with Crippen molar-refractivity contribution in [2.45, 2.75) is 52.7 Å². The van der Waals surface area contributed by atoms with Gasteiger partial charge in [-0.2, -0.15) is 0 Å². The Morgan fingerprint density at radius 1 is 1.18 bits per heavy atom. The van der Waals surface area contributed by atoms with Crippen LogP contribution in [0.3, 0.4) is 0 Å². The van der Waals surface area contributed by atoms with Gasteiger partial charge in [-0.25, -0.2) is 9.79 Å². The third-order valence-electron chi connectivity index (χ3n) is 5.95. The molecule has 0 bridgehead atoms. The van der Waals surface area contributed by atoms with Gasteiger partial charge in [0.1, 0.15) is 17.5 Å². The number of allylic oxidation sites excluding steroid dienone is 1. The molecule has 1 aromatic heterocycles. The van der Waals surface area contributed by atoms with Gasteiger partial charge in [-0.1, -0.05) is 58.8 Å². The van der Waals surface area contributed by atoms with Crippen molar-refractivity contribution in [2.75, 3.05) is 13.7 Å². The molecule has 0 fully saturated rings. The number of hydrogen-bond donors (Lipinski definition) is 0. The Morgan fingerprint density at radius 2 is 1.95 bits per heavy atom. The molecule has 0 unspecified atom stereocenters. The number of ether oxygens (including phenoxy) is 3. The van der Waals surface area contributed by atoms with E-state index in [9.17, 15) is 9.59 Å². The maximum Gasteiger partial charge on any atom is 0.338 e. The number of methoxy groups -OCH3 is 1.